The van der Waals surface area contributed by atoms with Crippen LogP contribution in [0.15, 0.2) is 0 Å². The van der Waals surface area contributed by atoms with Crippen LogP contribution in [0.3, 0.4) is 0 Å². The van der Waals surface area contributed by atoms with Crippen LogP contribution >= 0.6 is 7.82 Å². The Hall–Kier alpha value is -1.27. The number of nitrogens with one attached hydrogen (secondary N) is 2. The lowest BCUT2D eigenvalue weighted by Crippen LogP contribution is -2.65. The number of amides is 2. The van der Waals surface area contributed by atoms with Crippen molar-refractivity contribution in [1.29, 1.82) is 0 Å². The second-order valence-electron chi connectivity index (χ2n) is 7.55. The Morgan fingerprint density at radius 3 is 1.39 bits per heavy atom. The number of carbonyl (C=O) groups is 2. The fourth-order valence-electron chi connectivity index (χ4n) is 3.41. The third-order valence-corrected chi connectivity index (χ3v) is 5.92. The average molecular weight is 504 g/mol. The molecule has 2 aliphatic heterocycles. The fourth-order valence-corrected chi connectivity index (χ4v) is 4.34. The van der Waals surface area contributed by atoms with E-state index >= 15 is 0 Å². The number of phosphoric ester groups is 1. The van der Waals surface area contributed by atoms with Gasteiger partial charge in [0.2, 0.25) is 11.8 Å². The molecule has 2 rings (SSSR count). The van der Waals surface area contributed by atoms with Gasteiger partial charge in [-0.15, -0.1) is 0 Å². The lowest BCUT2D eigenvalue weighted by Gasteiger charge is -2.44. The summed E-state index contributed by atoms with van der Waals surface area (Å²) in [5.41, 5.74) is 0. The van der Waals surface area contributed by atoms with Crippen molar-refractivity contribution in [2.24, 2.45) is 0 Å². The highest BCUT2D eigenvalue weighted by Gasteiger charge is 2.51. The molecule has 17 heteroatoms. The van der Waals surface area contributed by atoms with Gasteiger partial charge in [0.1, 0.15) is 48.7 Å². The van der Waals surface area contributed by atoms with Gasteiger partial charge in [0.25, 0.3) is 0 Å². The Labute approximate surface area is 187 Å². The van der Waals surface area contributed by atoms with Crippen molar-refractivity contribution < 1.29 is 68.2 Å². The summed E-state index contributed by atoms with van der Waals surface area (Å²) < 4.78 is 32.9. The van der Waals surface area contributed by atoms with Gasteiger partial charge in [-0.05, 0) is 0 Å². The summed E-state index contributed by atoms with van der Waals surface area (Å²) in [5, 5.41) is 63.5. The minimum atomic E-state index is -5.26. The van der Waals surface area contributed by atoms with Crippen LogP contribution in [-0.4, -0.2) is 122 Å². The van der Waals surface area contributed by atoms with Crippen molar-refractivity contribution in [3.05, 3.63) is 0 Å². The summed E-state index contributed by atoms with van der Waals surface area (Å²) in [6, 6.07) is -3.14. The van der Waals surface area contributed by atoms with Crippen LogP contribution in [0.1, 0.15) is 13.8 Å². The third kappa shape index (κ3) is 6.88. The molecule has 0 aromatic carbocycles. The van der Waals surface area contributed by atoms with E-state index in [1.165, 1.54) is 0 Å². The molecule has 2 amide bonds. The second kappa shape index (κ2) is 11.4. The number of carbonyl (C=O) groups excluding carboxylic acids is 2. The highest BCUT2D eigenvalue weighted by Crippen LogP contribution is 2.49. The number of rotatable bonds is 8. The smallest absolute Gasteiger partial charge is 0.394 e. The number of aliphatic hydroxyl groups excluding tert-OH is 6. The zero-order valence-corrected chi connectivity index (χ0v) is 18.5. The number of hydrogen-bond acceptors (Lipinski definition) is 13. The molecule has 2 heterocycles. The molecule has 0 aromatic heterocycles. The number of phosphoric acid groups is 1. The molecule has 0 bridgehead atoms. The summed E-state index contributed by atoms with van der Waals surface area (Å²) in [6.07, 6.45) is -13.7. The second-order valence-corrected chi connectivity index (χ2v) is 8.90. The monoisotopic (exact) mass is 504 g/mol. The standard InChI is InChI=1S/C16H29N2O14P/c1-5(21)17-9-13(25)11(23)7(3-19)29-15(9)31-33(27,28)32-16-10(18-6(2)22)14(26)12(24)8(4-20)30-16/h7-16,19-20,23-26H,3-4H2,1-2H3,(H,17,21)(H,18,22)(H,27,28)/t7-,8?,9?,10?,11?,12?,13?,14?,15+,16?/m1/s1. The van der Waals surface area contributed by atoms with Gasteiger partial charge in [-0.1, -0.05) is 0 Å². The van der Waals surface area contributed by atoms with Crippen LogP contribution in [-0.2, 0) is 32.7 Å². The Morgan fingerprint density at radius 2 is 1.12 bits per heavy atom. The number of ether oxygens (including phenoxy) is 2. The minimum Gasteiger partial charge on any atom is -0.394 e. The van der Waals surface area contributed by atoms with Gasteiger partial charge >= 0.3 is 7.82 Å². The van der Waals surface area contributed by atoms with Crippen molar-refractivity contribution in [1.82, 2.24) is 10.6 Å². The quantitative estimate of drug-likeness (QED) is 0.140. The topological polar surface area (TPSA) is 254 Å². The van der Waals surface area contributed by atoms with Gasteiger partial charge in [0, 0.05) is 13.8 Å². The van der Waals surface area contributed by atoms with Crippen LogP contribution in [0.25, 0.3) is 0 Å². The van der Waals surface area contributed by atoms with Crippen molar-refractivity contribution in [3.8, 4) is 0 Å². The molecule has 2 fully saturated rings. The first-order valence-corrected chi connectivity index (χ1v) is 11.3. The molecule has 9 unspecified atom stereocenters. The van der Waals surface area contributed by atoms with Crippen molar-refractivity contribution in [2.45, 2.75) is 75.1 Å². The first-order valence-electron chi connectivity index (χ1n) is 9.80. The third-order valence-electron chi connectivity index (χ3n) is 4.98. The van der Waals surface area contributed by atoms with Gasteiger partial charge in [-0.25, -0.2) is 4.57 Å². The van der Waals surface area contributed by atoms with E-state index in [-0.39, 0.29) is 0 Å². The van der Waals surface area contributed by atoms with Gasteiger partial charge in [0.15, 0.2) is 12.6 Å². The van der Waals surface area contributed by atoms with Crippen LogP contribution < -0.4 is 10.6 Å². The predicted molar refractivity (Wildman–Crippen MR) is 103 cm³/mol. The SMILES string of the molecule is CC(=O)NC1C(OP(=O)(O)O[C@@H]2O[C@H](CO)C(O)C(O)C2NC(C)=O)OC(CO)C(O)C1O. The van der Waals surface area contributed by atoms with E-state index in [0.29, 0.717) is 0 Å². The van der Waals surface area contributed by atoms with Crippen LogP contribution in [0.4, 0.5) is 0 Å². The molecular formula is C16H29N2O14P. The highest BCUT2D eigenvalue weighted by molar-refractivity contribution is 7.47. The zero-order valence-electron chi connectivity index (χ0n) is 17.6. The summed E-state index contributed by atoms with van der Waals surface area (Å²) in [6.45, 7) is 0.470. The van der Waals surface area contributed by atoms with Crippen LogP contribution in [0.5, 0.6) is 0 Å². The van der Waals surface area contributed by atoms with E-state index < -0.39 is 94.1 Å². The van der Waals surface area contributed by atoms with Gasteiger partial charge in [-0.3, -0.25) is 18.6 Å². The maximum atomic E-state index is 12.7. The van der Waals surface area contributed by atoms with Crippen molar-refractivity contribution in [2.75, 3.05) is 13.2 Å². The molecule has 11 atom stereocenters. The molecule has 0 aliphatic carbocycles. The zero-order chi connectivity index (χ0) is 25.1. The Morgan fingerprint density at radius 1 is 0.788 bits per heavy atom. The number of hydrogen-bond donors (Lipinski definition) is 9. The average Bonchev–Trinajstić information content (AvgIpc) is 2.72. The largest absolute Gasteiger partial charge is 0.477 e. The summed E-state index contributed by atoms with van der Waals surface area (Å²) in [4.78, 5) is 33.2. The van der Waals surface area contributed by atoms with E-state index in [0.717, 1.165) is 13.8 Å². The van der Waals surface area contributed by atoms with E-state index in [1.54, 1.807) is 0 Å². The first-order chi connectivity index (χ1) is 15.3. The molecule has 0 radical (unpaired) electrons. The van der Waals surface area contributed by atoms with Crippen molar-refractivity contribution >= 4 is 19.6 Å². The molecule has 2 saturated heterocycles. The van der Waals surface area contributed by atoms with Gasteiger partial charge in [0.05, 0.1) is 13.2 Å². The minimum absolute atomic E-state index is 0.719. The maximum Gasteiger partial charge on any atom is 0.477 e. The molecule has 9 N–H and O–H groups in total. The molecule has 192 valence electrons. The molecule has 0 aromatic rings. The van der Waals surface area contributed by atoms with Crippen LogP contribution in [0, 0.1) is 0 Å². The Kier molecular flexibility index (Phi) is 9.70. The highest BCUT2D eigenvalue weighted by atomic mass is 31.2. The lowest BCUT2D eigenvalue weighted by atomic mass is 9.97. The summed E-state index contributed by atoms with van der Waals surface area (Å²) in [7, 11) is -5.26. The van der Waals surface area contributed by atoms with E-state index in [4.69, 9.17) is 18.5 Å². The summed E-state index contributed by atoms with van der Waals surface area (Å²) >= 11 is 0. The Bertz CT molecular complexity index is 686. The molecule has 0 saturated carbocycles. The van der Waals surface area contributed by atoms with E-state index in [2.05, 4.69) is 10.6 Å². The lowest BCUT2D eigenvalue weighted by molar-refractivity contribution is -0.264. The molecular weight excluding hydrogens is 475 g/mol. The fraction of sp³-hybridized carbons (Fsp3) is 0.875. The van der Waals surface area contributed by atoms with Crippen molar-refractivity contribution in [3.63, 3.8) is 0 Å². The summed E-state index contributed by atoms with van der Waals surface area (Å²) in [5.74, 6) is -1.44. The maximum absolute atomic E-state index is 12.7. The predicted octanol–water partition coefficient (Wildman–Crippen LogP) is -4.99. The molecule has 2 aliphatic rings. The first kappa shape index (κ1) is 28.0. The van der Waals surface area contributed by atoms with E-state index in [1.807, 2.05) is 0 Å². The van der Waals surface area contributed by atoms with Gasteiger partial charge < -0.3 is 55.6 Å². The number of aliphatic hydroxyl groups is 6. The normalized spacial score (nSPS) is 41.1. The molecule has 0 spiro atoms. The van der Waals surface area contributed by atoms with Crippen LogP contribution in [0.2, 0.25) is 0 Å². The Balaban J connectivity index is 2.24. The molecule has 33 heavy (non-hydrogen) atoms. The van der Waals surface area contributed by atoms with E-state index in [9.17, 15) is 49.7 Å². The molecule has 16 nitrogen and oxygen atoms in total. The van der Waals surface area contributed by atoms with Gasteiger partial charge in [-0.2, -0.15) is 0 Å².